The van der Waals surface area contributed by atoms with Crippen molar-refractivity contribution in [3.8, 4) is 0 Å². The van der Waals surface area contributed by atoms with Crippen molar-refractivity contribution in [3.63, 3.8) is 0 Å². The molecule has 1 atom stereocenters. The quantitative estimate of drug-likeness (QED) is 0.491. The van der Waals surface area contributed by atoms with Crippen LogP contribution < -0.4 is 29.7 Å². The zero-order valence-corrected chi connectivity index (χ0v) is 17.2. The molecular weight excluding hydrogens is 409 g/mol. The minimum Gasteiger partial charge on any atom is -1.00 e. The van der Waals surface area contributed by atoms with Crippen molar-refractivity contribution in [1.29, 1.82) is 0 Å². The highest BCUT2D eigenvalue weighted by atomic mass is 35.5. The lowest BCUT2D eigenvalue weighted by molar-refractivity contribution is -0.00100. The molecule has 0 bridgehead atoms. The molecule has 8 heteroatoms. The van der Waals surface area contributed by atoms with E-state index in [-0.39, 0.29) is 24.8 Å². The molecule has 1 unspecified atom stereocenters. The minimum absolute atomic E-state index is 0. The molecule has 1 fully saturated rings. The lowest BCUT2D eigenvalue weighted by Crippen LogP contribution is -3.00. The Balaban J connectivity index is 0.00000182. The Kier molecular flexibility index (Phi) is 11.0. The third-order valence-corrected chi connectivity index (χ3v) is 4.56. The summed E-state index contributed by atoms with van der Waals surface area (Å²) >= 11 is 5.86. The highest BCUT2D eigenvalue weighted by molar-refractivity contribution is 6.30. The second-order valence-corrected chi connectivity index (χ2v) is 6.71. The van der Waals surface area contributed by atoms with Crippen LogP contribution in [0, 0.1) is 0 Å². The van der Waals surface area contributed by atoms with Gasteiger partial charge in [-0.25, -0.2) is 4.98 Å². The molecule has 1 aliphatic heterocycles. The number of aromatic nitrogens is 1. The van der Waals surface area contributed by atoms with Crippen LogP contribution in [0.3, 0.4) is 0 Å². The van der Waals surface area contributed by atoms with E-state index in [1.165, 1.54) is 0 Å². The molecule has 150 valence electrons. The van der Waals surface area contributed by atoms with Crippen LogP contribution in [0.5, 0.6) is 0 Å². The number of rotatable bonds is 7. The monoisotopic (exact) mass is 431 g/mol. The number of β-amino-alcohol motifs (C(OH)–C–C–N with tert-alkyl or cyclic N) is 1. The molecule has 0 radical (unpaired) electrons. The molecular formula is C19H24Cl3N3O2-2. The van der Waals surface area contributed by atoms with Gasteiger partial charge in [0.1, 0.15) is 5.82 Å². The molecule has 1 aromatic carbocycles. The predicted molar refractivity (Wildman–Crippen MR) is 100 cm³/mol. The summed E-state index contributed by atoms with van der Waals surface area (Å²) in [6.45, 7) is 5.15. The van der Waals surface area contributed by atoms with Crippen LogP contribution in [0.2, 0.25) is 5.02 Å². The number of hydrogen-bond donors (Lipinski definition) is 1. The molecule has 0 amide bonds. The lowest BCUT2D eigenvalue weighted by atomic mass is 10.2. The van der Waals surface area contributed by atoms with E-state index >= 15 is 0 Å². The number of hydrogen-bond acceptors (Lipinski definition) is 5. The highest BCUT2D eigenvalue weighted by Crippen LogP contribution is 2.13. The van der Waals surface area contributed by atoms with Crippen LogP contribution in [0.15, 0.2) is 48.7 Å². The zero-order valence-electron chi connectivity index (χ0n) is 15.0. The molecule has 2 heterocycles. The van der Waals surface area contributed by atoms with E-state index in [9.17, 15) is 5.11 Å². The smallest absolute Gasteiger partial charge is 0.128 e. The molecule has 2 aromatic rings. The summed E-state index contributed by atoms with van der Waals surface area (Å²) in [6.07, 6.45) is 1.34. The fourth-order valence-electron chi connectivity index (χ4n) is 2.94. The number of anilines is 1. The average Bonchev–Trinajstić information content (AvgIpc) is 2.65. The van der Waals surface area contributed by atoms with Crippen molar-refractivity contribution in [2.75, 3.05) is 44.2 Å². The standard InChI is InChI=1S/C19H24ClN3O2.2ClH/c20-17-6-4-16(5-7-17)14-25-15-18(24)13-22-9-11-23(12-10-22)19-3-1-2-8-21-19;;/h1-8,18,24H,9-15H2;2*1H/p-2. The van der Waals surface area contributed by atoms with Crippen LogP contribution >= 0.6 is 11.6 Å². The van der Waals surface area contributed by atoms with Gasteiger partial charge in [-0.15, -0.1) is 0 Å². The Hall–Kier alpha value is -1.08. The molecule has 27 heavy (non-hydrogen) atoms. The Labute approximate surface area is 178 Å². The first-order valence-corrected chi connectivity index (χ1v) is 8.97. The van der Waals surface area contributed by atoms with Crippen LogP contribution in [-0.2, 0) is 11.3 Å². The number of benzene rings is 1. The fraction of sp³-hybridized carbons (Fsp3) is 0.421. The number of nitrogens with zero attached hydrogens (tertiary/aromatic N) is 3. The van der Waals surface area contributed by atoms with E-state index in [1.807, 2.05) is 48.7 Å². The number of aliphatic hydroxyl groups is 1. The number of aliphatic hydroxyl groups excluding tert-OH is 1. The fourth-order valence-corrected chi connectivity index (χ4v) is 3.07. The van der Waals surface area contributed by atoms with Crippen molar-refractivity contribution >= 4 is 17.4 Å². The third-order valence-electron chi connectivity index (χ3n) is 4.31. The normalized spacial score (nSPS) is 15.6. The van der Waals surface area contributed by atoms with Gasteiger partial charge in [0, 0.05) is 43.9 Å². The van der Waals surface area contributed by atoms with Crippen LogP contribution in [-0.4, -0.2) is 60.4 Å². The summed E-state index contributed by atoms with van der Waals surface area (Å²) < 4.78 is 5.61. The van der Waals surface area contributed by atoms with Crippen molar-refractivity contribution in [2.45, 2.75) is 12.7 Å². The largest absolute Gasteiger partial charge is 1.00 e. The zero-order chi connectivity index (χ0) is 17.5. The maximum Gasteiger partial charge on any atom is 0.128 e. The first kappa shape index (κ1) is 24.0. The van der Waals surface area contributed by atoms with Crippen molar-refractivity contribution in [3.05, 3.63) is 59.2 Å². The molecule has 0 spiro atoms. The van der Waals surface area contributed by atoms with Gasteiger partial charge >= 0.3 is 0 Å². The molecule has 1 aliphatic rings. The van der Waals surface area contributed by atoms with E-state index in [4.69, 9.17) is 16.3 Å². The van der Waals surface area contributed by atoms with Crippen LogP contribution in [0.1, 0.15) is 5.56 Å². The topological polar surface area (TPSA) is 48.8 Å². The Bertz CT molecular complexity index is 638. The van der Waals surface area contributed by atoms with Gasteiger partial charge in [0.05, 0.1) is 19.3 Å². The number of ether oxygens (including phenoxy) is 1. The van der Waals surface area contributed by atoms with E-state index < -0.39 is 6.10 Å². The van der Waals surface area contributed by atoms with E-state index in [1.54, 1.807) is 0 Å². The average molecular weight is 433 g/mol. The van der Waals surface area contributed by atoms with E-state index in [0.29, 0.717) is 24.8 Å². The summed E-state index contributed by atoms with van der Waals surface area (Å²) in [7, 11) is 0. The van der Waals surface area contributed by atoms with E-state index in [2.05, 4.69) is 14.8 Å². The Morgan fingerprint density at radius 3 is 2.37 bits per heavy atom. The minimum atomic E-state index is -0.478. The van der Waals surface area contributed by atoms with Gasteiger partial charge in [-0.1, -0.05) is 29.8 Å². The van der Waals surface area contributed by atoms with Crippen LogP contribution in [0.25, 0.3) is 0 Å². The Morgan fingerprint density at radius 1 is 1.04 bits per heavy atom. The molecule has 1 saturated heterocycles. The van der Waals surface area contributed by atoms with Gasteiger partial charge in [0.25, 0.3) is 0 Å². The summed E-state index contributed by atoms with van der Waals surface area (Å²) in [5.41, 5.74) is 1.06. The SMILES string of the molecule is OC(COCc1ccc(Cl)cc1)CN1CCN(c2ccccn2)CC1.[Cl-].[Cl-]. The van der Waals surface area contributed by atoms with Gasteiger partial charge in [0.15, 0.2) is 0 Å². The van der Waals surface area contributed by atoms with Crippen molar-refractivity contribution < 1.29 is 34.7 Å². The second-order valence-electron chi connectivity index (χ2n) is 6.27. The molecule has 0 saturated carbocycles. The maximum absolute atomic E-state index is 10.2. The van der Waals surface area contributed by atoms with Crippen molar-refractivity contribution in [2.24, 2.45) is 0 Å². The summed E-state index contributed by atoms with van der Waals surface area (Å²) in [5, 5.41) is 10.9. The van der Waals surface area contributed by atoms with E-state index in [0.717, 1.165) is 37.6 Å². The second kappa shape index (κ2) is 12.4. The predicted octanol–water partition coefficient (Wildman–Crippen LogP) is -3.56. The number of halogens is 3. The molecule has 5 nitrogen and oxygen atoms in total. The van der Waals surface area contributed by atoms with Crippen molar-refractivity contribution in [1.82, 2.24) is 9.88 Å². The molecule has 1 aromatic heterocycles. The van der Waals surface area contributed by atoms with Crippen LogP contribution in [0.4, 0.5) is 5.82 Å². The summed E-state index contributed by atoms with van der Waals surface area (Å²) in [6, 6.07) is 13.5. The first-order chi connectivity index (χ1) is 12.2. The Morgan fingerprint density at radius 2 is 1.74 bits per heavy atom. The van der Waals surface area contributed by atoms with Gasteiger partial charge in [-0.3, -0.25) is 4.90 Å². The van der Waals surface area contributed by atoms with Gasteiger partial charge < -0.3 is 39.6 Å². The molecule has 0 aliphatic carbocycles. The third kappa shape index (κ3) is 7.82. The first-order valence-electron chi connectivity index (χ1n) is 8.59. The molecule has 1 N–H and O–H groups in total. The number of pyridine rings is 1. The highest BCUT2D eigenvalue weighted by Gasteiger charge is 2.20. The lowest BCUT2D eigenvalue weighted by Gasteiger charge is -2.36. The summed E-state index contributed by atoms with van der Waals surface area (Å²) in [4.78, 5) is 8.94. The molecule has 3 rings (SSSR count). The van der Waals surface area contributed by atoms with Gasteiger partial charge in [0.2, 0.25) is 0 Å². The van der Waals surface area contributed by atoms with Gasteiger partial charge in [-0.05, 0) is 29.8 Å². The number of piperazine rings is 1. The maximum atomic E-state index is 10.2. The summed E-state index contributed by atoms with van der Waals surface area (Å²) in [5.74, 6) is 1.02. The van der Waals surface area contributed by atoms with Gasteiger partial charge in [-0.2, -0.15) is 0 Å².